The Morgan fingerprint density at radius 1 is 0.756 bits per heavy atom. The van der Waals surface area contributed by atoms with Gasteiger partial charge in [0.1, 0.15) is 12.2 Å². The summed E-state index contributed by atoms with van der Waals surface area (Å²) in [5.41, 5.74) is 4.10. The van der Waals surface area contributed by atoms with Crippen molar-refractivity contribution in [1.82, 2.24) is 0 Å². The first-order chi connectivity index (χ1) is 21.7. The zero-order valence-corrected chi connectivity index (χ0v) is 26.5. The number of ether oxygens (including phenoxy) is 2. The van der Waals surface area contributed by atoms with Crippen LogP contribution in [-0.2, 0) is 16.2 Å². The van der Waals surface area contributed by atoms with E-state index in [1.165, 1.54) is 13.2 Å². The molecule has 0 spiro atoms. The average Bonchev–Trinajstić information content (AvgIpc) is 3.03. The zero-order valence-electron chi connectivity index (χ0n) is 24.9. The Kier molecular flexibility index (Phi) is 8.24. The van der Waals surface area contributed by atoms with Crippen molar-refractivity contribution >= 4 is 62.0 Å². The summed E-state index contributed by atoms with van der Waals surface area (Å²) >= 11 is 3.58. The maximum atomic E-state index is 14.1. The maximum Gasteiger partial charge on any atom is 0.343 e. The Morgan fingerprint density at radius 2 is 1.47 bits per heavy atom. The summed E-state index contributed by atoms with van der Waals surface area (Å²) in [4.78, 5) is 44.3. The molecule has 1 fully saturated rings. The minimum Gasteiger partial charge on any atom is -0.493 e. The second-order valence-electron chi connectivity index (χ2n) is 10.8. The highest BCUT2D eigenvalue weighted by molar-refractivity contribution is 9.10. The van der Waals surface area contributed by atoms with Gasteiger partial charge in [-0.25, -0.2) is 14.6 Å². The molecular weight excluding hydrogens is 632 g/mol. The molecule has 0 radical (unpaired) electrons. The van der Waals surface area contributed by atoms with Crippen LogP contribution in [-0.4, -0.2) is 25.0 Å². The second-order valence-corrected chi connectivity index (χ2v) is 11.6. The summed E-state index contributed by atoms with van der Waals surface area (Å²) in [6.07, 6.45) is 1.48. The maximum absolute atomic E-state index is 14.1. The number of methoxy groups -OCH3 is 1. The van der Waals surface area contributed by atoms with E-state index in [1.54, 1.807) is 42.5 Å². The Morgan fingerprint density at radius 3 is 2.22 bits per heavy atom. The van der Waals surface area contributed by atoms with Crippen LogP contribution in [0.4, 0.5) is 16.2 Å². The van der Waals surface area contributed by atoms with Gasteiger partial charge in [-0.3, -0.25) is 9.59 Å². The molecule has 5 aromatic rings. The first kappa shape index (κ1) is 29.8. The molecule has 0 bridgehead atoms. The molecule has 1 saturated heterocycles. The van der Waals surface area contributed by atoms with E-state index in [9.17, 15) is 14.4 Å². The van der Waals surface area contributed by atoms with Crippen LogP contribution < -0.4 is 19.3 Å². The van der Waals surface area contributed by atoms with Gasteiger partial charge in [0.15, 0.2) is 11.5 Å². The summed E-state index contributed by atoms with van der Waals surface area (Å²) in [5, 5.41) is 1.56. The number of benzene rings is 5. The Labute approximate surface area is 269 Å². The molecule has 1 aliphatic rings. The predicted molar refractivity (Wildman–Crippen MR) is 180 cm³/mol. The number of carbonyl (C=O) groups is 3. The fourth-order valence-corrected chi connectivity index (χ4v) is 5.88. The number of carbonyl (C=O) groups excluding carboxylic acids is 3. The standard InChI is InChI=1S/C37H29BrN2O5/c1-23-14-16-25(17-15-23)22-45-34-31(38)20-26(21-33(34)44-3)19-30-35(41)39(28-11-6-8-24(2)18-28)37(43)40(36(30)42)32-13-7-10-27-9-4-5-12-29(27)32/h4-21H,22H2,1-3H3/b30-19+. The molecule has 0 atom stereocenters. The fourth-order valence-electron chi connectivity index (χ4n) is 5.31. The zero-order chi connectivity index (χ0) is 31.7. The quantitative estimate of drug-likeness (QED) is 0.129. The smallest absolute Gasteiger partial charge is 0.343 e. The van der Waals surface area contributed by atoms with Gasteiger partial charge in [0.25, 0.3) is 11.8 Å². The molecule has 0 unspecified atom stereocenters. The lowest BCUT2D eigenvalue weighted by Gasteiger charge is -2.34. The summed E-state index contributed by atoms with van der Waals surface area (Å²) in [7, 11) is 1.52. The molecule has 4 amide bonds. The number of amides is 4. The van der Waals surface area contributed by atoms with E-state index in [-0.39, 0.29) is 5.57 Å². The van der Waals surface area contributed by atoms with Crippen molar-refractivity contribution in [2.24, 2.45) is 0 Å². The number of rotatable bonds is 7. The van der Waals surface area contributed by atoms with Crippen molar-refractivity contribution in [1.29, 1.82) is 0 Å². The van der Waals surface area contributed by atoms with Gasteiger partial charge in [0.2, 0.25) is 0 Å². The molecule has 0 aromatic heterocycles. The minimum absolute atomic E-state index is 0.175. The lowest BCUT2D eigenvalue weighted by atomic mass is 10.0. The van der Waals surface area contributed by atoms with Crippen LogP contribution in [0.2, 0.25) is 0 Å². The molecule has 1 aliphatic heterocycles. The number of aryl methyl sites for hydroxylation is 2. The van der Waals surface area contributed by atoms with E-state index in [1.807, 2.05) is 74.5 Å². The number of hydrogen-bond acceptors (Lipinski definition) is 5. The Bertz CT molecular complexity index is 2000. The van der Waals surface area contributed by atoms with Crippen LogP contribution in [0.25, 0.3) is 16.8 Å². The van der Waals surface area contributed by atoms with Crippen LogP contribution in [0.1, 0.15) is 22.3 Å². The number of fused-ring (bicyclic) bond motifs is 1. The van der Waals surface area contributed by atoms with Crippen molar-refractivity contribution in [2.45, 2.75) is 20.5 Å². The van der Waals surface area contributed by atoms with Crippen LogP contribution in [0.5, 0.6) is 11.5 Å². The van der Waals surface area contributed by atoms with Gasteiger partial charge < -0.3 is 9.47 Å². The van der Waals surface area contributed by atoms with E-state index in [4.69, 9.17) is 9.47 Å². The van der Waals surface area contributed by atoms with E-state index < -0.39 is 17.8 Å². The third kappa shape index (κ3) is 5.84. The monoisotopic (exact) mass is 660 g/mol. The van der Waals surface area contributed by atoms with E-state index >= 15 is 0 Å². The number of hydrogen-bond donors (Lipinski definition) is 0. The molecule has 5 aromatic carbocycles. The van der Waals surface area contributed by atoms with Crippen LogP contribution in [0, 0.1) is 13.8 Å². The summed E-state index contributed by atoms with van der Waals surface area (Å²) < 4.78 is 12.3. The van der Waals surface area contributed by atoms with Crippen LogP contribution in [0.3, 0.4) is 0 Å². The molecule has 45 heavy (non-hydrogen) atoms. The first-order valence-corrected chi connectivity index (χ1v) is 15.1. The first-order valence-electron chi connectivity index (χ1n) is 14.3. The largest absolute Gasteiger partial charge is 0.493 e. The second kappa shape index (κ2) is 12.4. The van der Waals surface area contributed by atoms with E-state index in [0.29, 0.717) is 44.9 Å². The highest BCUT2D eigenvalue weighted by Gasteiger charge is 2.44. The topological polar surface area (TPSA) is 76.2 Å². The van der Waals surface area contributed by atoms with E-state index in [0.717, 1.165) is 31.9 Å². The number of nitrogens with zero attached hydrogens (tertiary/aromatic N) is 2. The van der Waals surface area contributed by atoms with Crippen molar-refractivity contribution in [2.75, 3.05) is 16.9 Å². The molecule has 0 saturated carbocycles. The van der Waals surface area contributed by atoms with Crippen molar-refractivity contribution in [3.8, 4) is 11.5 Å². The molecule has 0 N–H and O–H groups in total. The third-order valence-electron chi connectivity index (χ3n) is 7.58. The van der Waals surface area contributed by atoms with Crippen LogP contribution in [0.15, 0.2) is 113 Å². The van der Waals surface area contributed by atoms with E-state index in [2.05, 4.69) is 15.9 Å². The molecule has 7 nitrogen and oxygen atoms in total. The number of anilines is 2. The SMILES string of the molecule is COc1cc(/C=C2\C(=O)N(c3cccc(C)c3)C(=O)N(c3cccc4ccccc34)C2=O)cc(Br)c1OCc1ccc(C)cc1. The molecule has 6 rings (SSSR count). The van der Waals surface area contributed by atoms with Gasteiger partial charge >= 0.3 is 6.03 Å². The number of urea groups is 1. The van der Waals surface area contributed by atoms with Crippen molar-refractivity contribution in [3.63, 3.8) is 0 Å². The normalized spacial score (nSPS) is 14.4. The lowest BCUT2D eigenvalue weighted by Crippen LogP contribution is -2.57. The number of imide groups is 2. The molecule has 0 aliphatic carbocycles. The van der Waals surface area contributed by atoms with Gasteiger partial charge in [-0.15, -0.1) is 0 Å². The molecular formula is C37H29BrN2O5. The predicted octanol–water partition coefficient (Wildman–Crippen LogP) is 8.39. The Hall–Kier alpha value is -5.21. The summed E-state index contributed by atoms with van der Waals surface area (Å²) in [6.45, 7) is 4.22. The van der Waals surface area contributed by atoms with Gasteiger partial charge in [-0.1, -0.05) is 78.4 Å². The third-order valence-corrected chi connectivity index (χ3v) is 8.17. The Balaban J connectivity index is 1.44. The average molecular weight is 662 g/mol. The van der Waals surface area contributed by atoms with Crippen LogP contribution >= 0.6 is 15.9 Å². The molecule has 8 heteroatoms. The van der Waals surface area contributed by atoms with Crippen molar-refractivity contribution < 1.29 is 23.9 Å². The van der Waals surface area contributed by atoms with Gasteiger partial charge in [-0.05, 0) is 88.3 Å². The summed E-state index contributed by atoms with van der Waals surface area (Å²) in [5.74, 6) is -0.547. The van der Waals surface area contributed by atoms with Gasteiger partial charge in [0.05, 0.1) is 23.0 Å². The molecule has 1 heterocycles. The summed E-state index contributed by atoms with van der Waals surface area (Å²) in [6, 6.07) is 30.7. The molecule has 224 valence electrons. The number of barbiturate groups is 1. The van der Waals surface area contributed by atoms with Crippen molar-refractivity contribution in [3.05, 3.63) is 135 Å². The highest BCUT2D eigenvalue weighted by Crippen LogP contribution is 2.39. The number of halogens is 1. The highest BCUT2D eigenvalue weighted by atomic mass is 79.9. The van der Waals surface area contributed by atoms with Gasteiger partial charge in [-0.2, -0.15) is 0 Å². The minimum atomic E-state index is -0.747. The fraction of sp³-hybridized carbons (Fsp3) is 0.108. The van der Waals surface area contributed by atoms with Gasteiger partial charge in [0, 0.05) is 5.39 Å². The lowest BCUT2D eigenvalue weighted by molar-refractivity contribution is -0.121.